The van der Waals surface area contributed by atoms with Crippen LogP contribution in [0.1, 0.15) is 76.7 Å². The summed E-state index contributed by atoms with van der Waals surface area (Å²) in [6.45, 7) is 2.29. The summed E-state index contributed by atoms with van der Waals surface area (Å²) in [5.74, 6) is 0. The van der Waals surface area contributed by atoms with Crippen molar-refractivity contribution in [2.75, 3.05) is 5.73 Å². The summed E-state index contributed by atoms with van der Waals surface area (Å²) in [5.41, 5.74) is 16.7. The first-order valence-corrected chi connectivity index (χ1v) is 18.6. The Morgan fingerprint density at radius 3 is 1.41 bits per heavy atom. The number of unbranched alkanes of at least 4 members (excludes halogenated alkanes) is 9. The van der Waals surface area contributed by atoms with Crippen LogP contribution in [0.15, 0.2) is 133 Å². The highest BCUT2D eigenvalue weighted by molar-refractivity contribution is 6.21. The summed E-state index contributed by atoms with van der Waals surface area (Å²) in [5, 5.41) is 7.31. The van der Waals surface area contributed by atoms with Gasteiger partial charge in [-0.05, 0) is 67.4 Å². The van der Waals surface area contributed by atoms with Crippen molar-refractivity contribution in [1.82, 2.24) is 0 Å². The molecule has 7 aromatic carbocycles. The predicted molar refractivity (Wildman–Crippen MR) is 215 cm³/mol. The fourth-order valence-corrected chi connectivity index (χ4v) is 7.87. The van der Waals surface area contributed by atoms with Gasteiger partial charge in [0.15, 0.2) is 0 Å². The zero-order valence-electron chi connectivity index (χ0n) is 29.1. The third-order valence-electron chi connectivity index (χ3n) is 10.4. The smallest absolute Gasteiger partial charge is 0.0486 e. The number of hydrogen-bond donors (Lipinski definition) is 1. The summed E-state index contributed by atoms with van der Waals surface area (Å²) in [6, 6.07) is 48.7. The maximum absolute atomic E-state index is 7.50. The molecule has 0 aromatic heterocycles. The summed E-state index contributed by atoms with van der Waals surface area (Å²) < 4.78 is 0. The molecule has 0 aliphatic carbocycles. The third-order valence-corrected chi connectivity index (χ3v) is 10.4. The minimum absolute atomic E-state index is 0.834. The Morgan fingerprint density at radius 2 is 0.837 bits per heavy atom. The van der Waals surface area contributed by atoms with Crippen molar-refractivity contribution < 1.29 is 0 Å². The fraction of sp³-hybridized carbons (Fsp3) is 0.250. The van der Waals surface area contributed by atoms with Gasteiger partial charge in [-0.1, -0.05) is 198 Å². The first kappa shape index (κ1) is 32.7. The van der Waals surface area contributed by atoms with Crippen LogP contribution in [-0.2, 0) is 6.42 Å². The van der Waals surface area contributed by atoms with Gasteiger partial charge >= 0.3 is 0 Å². The molecule has 2 N–H and O–H groups in total. The lowest BCUT2D eigenvalue weighted by Crippen LogP contribution is -2.00. The van der Waals surface area contributed by atoms with Crippen molar-refractivity contribution in [2.45, 2.75) is 77.6 Å². The molecule has 0 heterocycles. The molecule has 1 heteroatoms. The van der Waals surface area contributed by atoms with Crippen LogP contribution in [0.2, 0.25) is 0 Å². The topological polar surface area (TPSA) is 26.0 Å². The number of anilines is 1. The van der Waals surface area contributed by atoms with E-state index in [2.05, 4.69) is 140 Å². The second-order valence-electron chi connectivity index (χ2n) is 13.8. The van der Waals surface area contributed by atoms with E-state index in [9.17, 15) is 0 Å². The molecule has 0 fully saturated rings. The van der Waals surface area contributed by atoms with E-state index in [0.717, 1.165) is 23.2 Å². The first-order chi connectivity index (χ1) is 24.2. The first-order valence-electron chi connectivity index (χ1n) is 18.6. The highest BCUT2D eigenvalue weighted by atomic mass is 14.6. The van der Waals surface area contributed by atoms with Gasteiger partial charge < -0.3 is 5.73 Å². The Hall–Kier alpha value is -4.88. The Morgan fingerprint density at radius 1 is 0.388 bits per heavy atom. The monoisotopic (exact) mass is 639 g/mol. The SMILES string of the molecule is CCCCCCCCCCCCc1ccc(-c2c(N)c(-c3cccc4ccccc34)c(-c3cccc4ccccc34)c3ccccc23)cc1. The van der Waals surface area contributed by atoms with Gasteiger partial charge in [0.25, 0.3) is 0 Å². The van der Waals surface area contributed by atoms with Gasteiger partial charge in [-0.3, -0.25) is 0 Å². The number of nitrogen functional groups attached to an aromatic ring is 1. The average Bonchev–Trinajstić information content (AvgIpc) is 3.15. The van der Waals surface area contributed by atoms with E-state index in [1.54, 1.807) is 0 Å². The molecule has 0 bridgehead atoms. The summed E-state index contributed by atoms with van der Waals surface area (Å²) in [7, 11) is 0. The molecule has 0 saturated heterocycles. The van der Waals surface area contributed by atoms with Crippen molar-refractivity contribution in [3.05, 3.63) is 139 Å². The van der Waals surface area contributed by atoms with Gasteiger partial charge in [-0.25, -0.2) is 0 Å². The Kier molecular flexibility index (Phi) is 10.4. The molecule has 7 rings (SSSR count). The van der Waals surface area contributed by atoms with Crippen LogP contribution in [0.25, 0.3) is 65.7 Å². The van der Waals surface area contributed by atoms with Crippen LogP contribution >= 0.6 is 0 Å². The van der Waals surface area contributed by atoms with E-state index in [-0.39, 0.29) is 0 Å². The third kappa shape index (κ3) is 6.99. The molecule has 0 saturated carbocycles. The normalized spacial score (nSPS) is 11.5. The molecule has 0 amide bonds. The fourth-order valence-electron chi connectivity index (χ4n) is 7.87. The number of nitrogens with two attached hydrogens (primary N) is 1. The summed E-state index contributed by atoms with van der Waals surface area (Å²) in [6.07, 6.45) is 14.8. The van der Waals surface area contributed by atoms with Crippen LogP contribution in [-0.4, -0.2) is 0 Å². The zero-order chi connectivity index (χ0) is 33.4. The molecule has 0 radical (unpaired) electrons. The molecule has 7 aromatic rings. The van der Waals surface area contributed by atoms with Crippen LogP contribution in [0.5, 0.6) is 0 Å². The lowest BCUT2D eigenvalue weighted by molar-refractivity contribution is 0.556. The number of aryl methyl sites for hydroxylation is 1. The van der Waals surface area contributed by atoms with Crippen molar-refractivity contribution in [1.29, 1.82) is 0 Å². The quantitative estimate of drug-likeness (QED) is 0.0930. The minimum atomic E-state index is 0.834. The van der Waals surface area contributed by atoms with Crippen LogP contribution in [0.4, 0.5) is 5.69 Å². The molecular weight excluding hydrogens is 591 g/mol. The van der Waals surface area contributed by atoms with E-state index in [1.807, 2.05) is 0 Å². The van der Waals surface area contributed by atoms with Crippen LogP contribution < -0.4 is 5.73 Å². The number of hydrogen-bond acceptors (Lipinski definition) is 1. The predicted octanol–water partition coefficient (Wildman–Crippen LogP) is 14.2. The minimum Gasteiger partial charge on any atom is -0.398 e. The zero-order valence-corrected chi connectivity index (χ0v) is 29.1. The Labute approximate surface area is 292 Å². The maximum atomic E-state index is 7.50. The summed E-state index contributed by atoms with van der Waals surface area (Å²) in [4.78, 5) is 0. The van der Waals surface area contributed by atoms with Gasteiger partial charge in [0.05, 0.1) is 0 Å². The Bertz CT molecular complexity index is 2160. The van der Waals surface area contributed by atoms with E-state index in [0.29, 0.717) is 0 Å². The Balaban J connectivity index is 1.27. The average molecular weight is 640 g/mol. The second-order valence-corrected chi connectivity index (χ2v) is 13.8. The maximum Gasteiger partial charge on any atom is 0.0486 e. The van der Waals surface area contributed by atoms with Gasteiger partial charge in [0, 0.05) is 22.4 Å². The number of rotatable bonds is 14. The highest BCUT2D eigenvalue weighted by Gasteiger charge is 2.23. The molecule has 0 spiro atoms. The van der Waals surface area contributed by atoms with Gasteiger partial charge in [0.1, 0.15) is 0 Å². The lowest BCUT2D eigenvalue weighted by atomic mass is 9.81. The highest BCUT2D eigenvalue weighted by Crippen LogP contribution is 2.50. The standard InChI is InChI=1S/C48H49N/c1-2-3-4-5-6-7-8-9-10-11-20-35-31-33-38(34-32-35)45-43-27-16-17-28-44(43)46(41-29-18-23-36-21-12-14-25-39(36)41)47(48(45)49)42-30-19-24-37-22-13-15-26-40(37)42/h12-19,21-34H,2-11,20,49H2,1H3. The second kappa shape index (κ2) is 15.6. The molecule has 0 unspecified atom stereocenters. The molecule has 49 heavy (non-hydrogen) atoms. The van der Waals surface area contributed by atoms with E-state index >= 15 is 0 Å². The molecule has 0 aliphatic heterocycles. The van der Waals surface area contributed by atoms with Gasteiger partial charge in [0.2, 0.25) is 0 Å². The van der Waals surface area contributed by atoms with Gasteiger partial charge in [-0.2, -0.15) is 0 Å². The molecular formula is C48H49N. The van der Waals surface area contributed by atoms with Crippen molar-refractivity contribution in [3.8, 4) is 33.4 Å². The van der Waals surface area contributed by atoms with Crippen molar-refractivity contribution in [3.63, 3.8) is 0 Å². The molecule has 0 atom stereocenters. The number of benzene rings is 7. The molecule has 246 valence electrons. The van der Waals surface area contributed by atoms with E-state index in [4.69, 9.17) is 5.73 Å². The van der Waals surface area contributed by atoms with Crippen LogP contribution in [0, 0.1) is 0 Å². The molecule has 1 nitrogen and oxygen atoms in total. The van der Waals surface area contributed by atoms with E-state index < -0.39 is 0 Å². The summed E-state index contributed by atoms with van der Waals surface area (Å²) >= 11 is 0. The van der Waals surface area contributed by atoms with Crippen LogP contribution in [0.3, 0.4) is 0 Å². The lowest BCUT2D eigenvalue weighted by Gasteiger charge is -2.23. The largest absolute Gasteiger partial charge is 0.398 e. The van der Waals surface area contributed by atoms with Crippen molar-refractivity contribution >= 4 is 38.0 Å². The van der Waals surface area contributed by atoms with Gasteiger partial charge in [-0.15, -0.1) is 0 Å². The molecule has 0 aliphatic rings. The van der Waals surface area contributed by atoms with E-state index in [1.165, 1.54) is 124 Å². The number of fused-ring (bicyclic) bond motifs is 3. The van der Waals surface area contributed by atoms with Crippen molar-refractivity contribution in [2.24, 2.45) is 0 Å².